The van der Waals surface area contributed by atoms with E-state index in [1.807, 2.05) is 11.9 Å². The second-order valence-corrected chi connectivity index (χ2v) is 6.31. The van der Waals surface area contributed by atoms with Crippen LogP contribution in [0.25, 0.3) is 0 Å². The summed E-state index contributed by atoms with van der Waals surface area (Å²) in [4.78, 5) is 13.9. The van der Waals surface area contributed by atoms with Gasteiger partial charge >= 0.3 is 0 Å². The molecule has 3 heteroatoms. The minimum absolute atomic E-state index is 0.0788. The third-order valence-electron chi connectivity index (χ3n) is 5.21. The van der Waals surface area contributed by atoms with Crippen LogP contribution in [0.2, 0.25) is 0 Å². The maximum absolute atomic E-state index is 12.1. The summed E-state index contributed by atoms with van der Waals surface area (Å²) in [5.41, 5.74) is 10.0. The molecule has 2 N–H and O–H groups in total. The van der Waals surface area contributed by atoms with Crippen LogP contribution in [0.4, 0.5) is 5.69 Å². The van der Waals surface area contributed by atoms with Crippen LogP contribution in [0.1, 0.15) is 49.7 Å². The molecule has 1 aliphatic carbocycles. The summed E-state index contributed by atoms with van der Waals surface area (Å²) in [6.07, 6.45) is 7.61. The van der Waals surface area contributed by atoms with E-state index in [-0.39, 0.29) is 11.3 Å². The second kappa shape index (κ2) is 5.21. The Kier molecular flexibility index (Phi) is 3.55. The Morgan fingerprint density at radius 3 is 2.65 bits per heavy atom. The van der Waals surface area contributed by atoms with E-state index in [1.165, 1.54) is 30.4 Å². The van der Waals surface area contributed by atoms with Gasteiger partial charge in [-0.3, -0.25) is 4.79 Å². The van der Waals surface area contributed by atoms with Crippen molar-refractivity contribution in [2.24, 2.45) is 5.73 Å². The maximum atomic E-state index is 12.1. The van der Waals surface area contributed by atoms with Gasteiger partial charge in [-0.1, -0.05) is 37.5 Å². The zero-order chi connectivity index (χ0) is 14.2. The summed E-state index contributed by atoms with van der Waals surface area (Å²) in [5, 5.41) is 0. The third-order valence-corrected chi connectivity index (χ3v) is 5.21. The summed E-state index contributed by atoms with van der Waals surface area (Å²) in [5.74, 6) is 0.230. The second-order valence-electron chi connectivity index (χ2n) is 6.31. The Balaban J connectivity index is 2.12. The van der Waals surface area contributed by atoms with Crippen molar-refractivity contribution in [1.82, 2.24) is 0 Å². The van der Waals surface area contributed by atoms with E-state index >= 15 is 0 Å². The van der Waals surface area contributed by atoms with Crippen LogP contribution in [-0.2, 0) is 16.6 Å². The van der Waals surface area contributed by atoms with E-state index in [1.54, 1.807) is 0 Å². The number of anilines is 1. The molecular weight excluding hydrogens is 248 g/mol. The standard InChI is InChI=1S/C17H24N2O/c1-19-15(20)9-8-13-6-5-7-14(16(13)19)17(12-18)10-3-2-4-11-17/h5-7H,2-4,8-12,18H2,1H3. The number of nitrogens with zero attached hydrogens (tertiary/aromatic N) is 1. The average molecular weight is 272 g/mol. The fourth-order valence-electron chi connectivity index (χ4n) is 3.96. The minimum atomic E-state index is 0.0788. The molecule has 1 aromatic rings. The summed E-state index contributed by atoms with van der Waals surface area (Å²) >= 11 is 0. The molecule has 20 heavy (non-hydrogen) atoms. The van der Waals surface area contributed by atoms with Crippen molar-refractivity contribution in [2.75, 3.05) is 18.5 Å². The molecule has 1 amide bonds. The molecule has 1 saturated carbocycles. The number of nitrogens with two attached hydrogens (primary N) is 1. The molecule has 1 heterocycles. The summed E-state index contributed by atoms with van der Waals surface area (Å²) in [6, 6.07) is 6.50. The van der Waals surface area contributed by atoms with Gasteiger partial charge in [0.05, 0.1) is 5.69 Å². The van der Waals surface area contributed by atoms with Crippen LogP contribution < -0.4 is 10.6 Å². The van der Waals surface area contributed by atoms with Gasteiger partial charge in [0.25, 0.3) is 0 Å². The molecule has 2 aliphatic rings. The molecule has 3 nitrogen and oxygen atoms in total. The molecule has 0 radical (unpaired) electrons. The third kappa shape index (κ3) is 2.05. The van der Waals surface area contributed by atoms with Gasteiger partial charge in [0.1, 0.15) is 0 Å². The van der Waals surface area contributed by atoms with Gasteiger partial charge in [-0.25, -0.2) is 0 Å². The lowest BCUT2D eigenvalue weighted by atomic mass is 9.68. The number of para-hydroxylation sites is 1. The van der Waals surface area contributed by atoms with E-state index in [0.717, 1.165) is 24.9 Å². The van der Waals surface area contributed by atoms with Crippen LogP contribution >= 0.6 is 0 Å². The first-order valence-corrected chi connectivity index (χ1v) is 7.77. The maximum Gasteiger partial charge on any atom is 0.227 e. The van der Waals surface area contributed by atoms with E-state index in [9.17, 15) is 4.79 Å². The number of carbonyl (C=O) groups is 1. The lowest BCUT2D eigenvalue weighted by Crippen LogP contribution is -2.41. The van der Waals surface area contributed by atoms with Crippen molar-refractivity contribution in [3.05, 3.63) is 29.3 Å². The number of amides is 1. The summed E-state index contributed by atoms with van der Waals surface area (Å²) < 4.78 is 0. The Labute approximate surface area is 121 Å². The van der Waals surface area contributed by atoms with Crippen LogP contribution in [0.15, 0.2) is 18.2 Å². The molecule has 1 fully saturated rings. The Morgan fingerprint density at radius 1 is 1.20 bits per heavy atom. The Hall–Kier alpha value is -1.35. The van der Waals surface area contributed by atoms with Gasteiger partial charge in [0.15, 0.2) is 0 Å². The highest BCUT2D eigenvalue weighted by atomic mass is 16.2. The highest BCUT2D eigenvalue weighted by Crippen LogP contribution is 2.44. The van der Waals surface area contributed by atoms with E-state index in [2.05, 4.69) is 18.2 Å². The molecule has 0 bridgehead atoms. The lowest BCUT2D eigenvalue weighted by molar-refractivity contribution is -0.118. The monoisotopic (exact) mass is 272 g/mol. The van der Waals surface area contributed by atoms with E-state index < -0.39 is 0 Å². The first kappa shape index (κ1) is 13.6. The fraction of sp³-hybridized carbons (Fsp3) is 0.588. The molecule has 0 saturated heterocycles. The number of carbonyl (C=O) groups excluding carboxylic acids is 1. The van der Waals surface area contributed by atoms with Crippen LogP contribution in [0.3, 0.4) is 0 Å². The number of rotatable bonds is 2. The predicted octanol–water partition coefficient (Wildman–Crippen LogP) is 2.76. The SMILES string of the molecule is CN1C(=O)CCc2cccc(C3(CN)CCCCC3)c21. The van der Waals surface area contributed by atoms with E-state index in [4.69, 9.17) is 5.73 Å². The molecule has 3 rings (SSSR count). The lowest BCUT2D eigenvalue weighted by Gasteiger charge is -2.41. The molecule has 0 spiro atoms. The summed E-state index contributed by atoms with van der Waals surface area (Å²) in [7, 11) is 1.91. The smallest absolute Gasteiger partial charge is 0.227 e. The van der Waals surface area contributed by atoms with Crippen molar-refractivity contribution in [3.63, 3.8) is 0 Å². The van der Waals surface area contributed by atoms with Gasteiger partial charge < -0.3 is 10.6 Å². The number of benzene rings is 1. The molecule has 108 valence electrons. The fourth-order valence-corrected chi connectivity index (χ4v) is 3.96. The van der Waals surface area contributed by atoms with Gasteiger partial charge in [-0.2, -0.15) is 0 Å². The van der Waals surface area contributed by atoms with Gasteiger partial charge in [-0.15, -0.1) is 0 Å². The van der Waals surface area contributed by atoms with E-state index in [0.29, 0.717) is 13.0 Å². The average Bonchev–Trinajstić information content (AvgIpc) is 2.51. The highest BCUT2D eigenvalue weighted by molar-refractivity contribution is 5.97. The molecule has 0 unspecified atom stereocenters. The predicted molar refractivity (Wildman–Crippen MR) is 82.0 cm³/mol. The topological polar surface area (TPSA) is 46.3 Å². The Bertz CT molecular complexity index is 518. The van der Waals surface area contributed by atoms with Crippen molar-refractivity contribution in [2.45, 2.75) is 50.4 Å². The van der Waals surface area contributed by atoms with Gasteiger partial charge in [0, 0.05) is 25.4 Å². The van der Waals surface area contributed by atoms with Crippen molar-refractivity contribution >= 4 is 11.6 Å². The first-order chi connectivity index (χ1) is 9.68. The molecule has 0 aromatic heterocycles. The van der Waals surface area contributed by atoms with Crippen LogP contribution in [0.5, 0.6) is 0 Å². The molecule has 1 aliphatic heterocycles. The highest BCUT2D eigenvalue weighted by Gasteiger charge is 2.37. The van der Waals surface area contributed by atoms with Crippen LogP contribution in [-0.4, -0.2) is 19.5 Å². The van der Waals surface area contributed by atoms with Crippen molar-refractivity contribution < 1.29 is 4.79 Å². The quantitative estimate of drug-likeness (QED) is 0.900. The van der Waals surface area contributed by atoms with Gasteiger partial charge in [0.2, 0.25) is 5.91 Å². The Morgan fingerprint density at radius 2 is 1.95 bits per heavy atom. The number of fused-ring (bicyclic) bond motifs is 1. The normalized spacial score (nSPS) is 21.7. The largest absolute Gasteiger partial charge is 0.330 e. The minimum Gasteiger partial charge on any atom is -0.330 e. The van der Waals surface area contributed by atoms with Crippen molar-refractivity contribution in [3.8, 4) is 0 Å². The zero-order valence-corrected chi connectivity index (χ0v) is 12.3. The molecular formula is C17H24N2O. The molecule has 1 aromatic carbocycles. The van der Waals surface area contributed by atoms with Gasteiger partial charge in [-0.05, 0) is 30.4 Å². The molecule has 0 atom stereocenters. The zero-order valence-electron chi connectivity index (χ0n) is 12.3. The van der Waals surface area contributed by atoms with Crippen LogP contribution in [0, 0.1) is 0 Å². The first-order valence-electron chi connectivity index (χ1n) is 7.77. The number of hydrogen-bond donors (Lipinski definition) is 1. The number of hydrogen-bond acceptors (Lipinski definition) is 2. The number of aryl methyl sites for hydroxylation is 1. The summed E-state index contributed by atoms with van der Waals surface area (Å²) in [6.45, 7) is 0.686. The van der Waals surface area contributed by atoms with Crippen molar-refractivity contribution in [1.29, 1.82) is 0 Å².